The molecule has 0 saturated carbocycles. The first-order valence-corrected chi connectivity index (χ1v) is 9.44. The quantitative estimate of drug-likeness (QED) is 0.656. The van der Waals surface area contributed by atoms with Gasteiger partial charge in [0.1, 0.15) is 17.9 Å². The Morgan fingerprint density at radius 3 is 2.69 bits per heavy atom. The third kappa shape index (κ3) is 3.82. The van der Waals surface area contributed by atoms with Crippen LogP contribution in [0.4, 0.5) is 4.39 Å². The molecule has 0 amide bonds. The largest absolute Gasteiger partial charge is 0.494 e. The van der Waals surface area contributed by atoms with Gasteiger partial charge in [0.05, 0.1) is 6.61 Å². The van der Waals surface area contributed by atoms with E-state index in [1.54, 1.807) is 6.07 Å². The Morgan fingerprint density at radius 2 is 1.96 bits per heavy atom. The molecule has 138 valence electrons. The van der Waals surface area contributed by atoms with E-state index in [2.05, 4.69) is 19.9 Å². The van der Waals surface area contributed by atoms with Gasteiger partial charge in [0.25, 0.3) is 0 Å². The van der Waals surface area contributed by atoms with Gasteiger partial charge in [0.2, 0.25) is 0 Å². The fourth-order valence-corrected chi connectivity index (χ4v) is 4.06. The summed E-state index contributed by atoms with van der Waals surface area (Å²) in [7, 11) is 0. The number of halogens is 1. The molecule has 2 nitrogen and oxygen atoms in total. The highest BCUT2D eigenvalue weighted by molar-refractivity contribution is 5.57. The highest BCUT2D eigenvalue weighted by Crippen LogP contribution is 2.40. The van der Waals surface area contributed by atoms with Gasteiger partial charge in [-0.05, 0) is 84.0 Å². The van der Waals surface area contributed by atoms with Crippen molar-refractivity contribution in [3.63, 3.8) is 0 Å². The second kappa shape index (κ2) is 7.61. The first-order valence-electron chi connectivity index (χ1n) is 9.44. The van der Waals surface area contributed by atoms with Gasteiger partial charge in [-0.25, -0.2) is 4.39 Å². The van der Waals surface area contributed by atoms with Crippen LogP contribution < -0.4 is 4.74 Å². The normalized spacial score (nSPS) is 14.9. The van der Waals surface area contributed by atoms with Crippen LogP contribution in [0.1, 0.15) is 55.0 Å². The van der Waals surface area contributed by atoms with Crippen molar-refractivity contribution < 1.29 is 13.9 Å². The molecule has 0 heterocycles. The number of aldehydes is 1. The summed E-state index contributed by atoms with van der Waals surface area (Å²) in [6.07, 6.45) is 4.80. The molecule has 0 atom stereocenters. The van der Waals surface area contributed by atoms with E-state index >= 15 is 0 Å². The van der Waals surface area contributed by atoms with Gasteiger partial charge < -0.3 is 9.53 Å². The van der Waals surface area contributed by atoms with Crippen molar-refractivity contribution >= 4 is 6.29 Å². The summed E-state index contributed by atoms with van der Waals surface area (Å²) < 4.78 is 20.3. The lowest BCUT2D eigenvalue weighted by Gasteiger charge is -2.20. The van der Waals surface area contributed by atoms with E-state index in [1.807, 2.05) is 25.1 Å². The summed E-state index contributed by atoms with van der Waals surface area (Å²) in [5.74, 6) is 0.746. The van der Waals surface area contributed by atoms with Crippen LogP contribution in [0.5, 0.6) is 5.75 Å². The van der Waals surface area contributed by atoms with Gasteiger partial charge in [0, 0.05) is 6.42 Å². The standard InChI is InChI=1S/C23H27FO2/c1-4-26-20-8-7-17(10-12-25)18(15-20)6-5-16-13-19-9-11-23(2,3)22(19)21(24)14-16/h7-8,12-15H,4-6,9-11H2,1-3H3. The molecule has 1 aliphatic rings. The summed E-state index contributed by atoms with van der Waals surface area (Å²) in [6, 6.07) is 9.73. The van der Waals surface area contributed by atoms with Crippen LogP contribution in [0.25, 0.3) is 0 Å². The molecular formula is C23H27FO2. The van der Waals surface area contributed by atoms with Crippen molar-refractivity contribution in [1.29, 1.82) is 0 Å². The van der Waals surface area contributed by atoms with E-state index in [1.165, 1.54) is 0 Å². The van der Waals surface area contributed by atoms with Crippen LogP contribution in [0.15, 0.2) is 30.3 Å². The Hall–Kier alpha value is -2.16. The van der Waals surface area contributed by atoms with Crippen molar-refractivity contribution in [2.24, 2.45) is 0 Å². The Balaban J connectivity index is 1.82. The molecule has 2 aromatic carbocycles. The van der Waals surface area contributed by atoms with E-state index in [-0.39, 0.29) is 11.2 Å². The first-order chi connectivity index (χ1) is 12.4. The third-order valence-corrected chi connectivity index (χ3v) is 5.40. The molecule has 0 spiro atoms. The lowest BCUT2D eigenvalue weighted by atomic mass is 9.85. The maximum Gasteiger partial charge on any atom is 0.127 e. The number of hydrogen-bond acceptors (Lipinski definition) is 2. The van der Waals surface area contributed by atoms with Crippen LogP contribution in [-0.4, -0.2) is 12.9 Å². The molecule has 0 fully saturated rings. The molecule has 3 heteroatoms. The van der Waals surface area contributed by atoms with Crippen LogP contribution in [-0.2, 0) is 35.9 Å². The lowest BCUT2D eigenvalue weighted by Crippen LogP contribution is -2.14. The van der Waals surface area contributed by atoms with Crippen LogP contribution in [0.2, 0.25) is 0 Å². The Labute approximate surface area is 155 Å². The molecule has 0 N–H and O–H groups in total. The number of ether oxygens (including phenoxy) is 1. The smallest absolute Gasteiger partial charge is 0.127 e. The molecule has 0 aromatic heterocycles. The van der Waals surface area contributed by atoms with Crippen LogP contribution >= 0.6 is 0 Å². The van der Waals surface area contributed by atoms with Gasteiger partial charge in [0.15, 0.2) is 0 Å². The van der Waals surface area contributed by atoms with Gasteiger partial charge >= 0.3 is 0 Å². The zero-order chi connectivity index (χ0) is 18.7. The molecule has 2 aromatic rings. The Bertz CT molecular complexity index is 808. The summed E-state index contributed by atoms with van der Waals surface area (Å²) in [6.45, 7) is 6.80. The average Bonchev–Trinajstić information content (AvgIpc) is 2.90. The van der Waals surface area contributed by atoms with Crippen LogP contribution in [0, 0.1) is 5.82 Å². The zero-order valence-electron chi connectivity index (χ0n) is 15.9. The SMILES string of the molecule is CCOc1ccc(CC=O)c(CCc2cc(F)c3c(c2)CCC3(C)C)c1. The Morgan fingerprint density at radius 1 is 1.15 bits per heavy atom. The van der Waals surface area contributed by atoms with Crippen molar-refractivity contribution in [3.8, 4) is 5.75 Å². The summed E-state index contributed by atoms with van der Waals surface area (Å²) in [5.41, 5.74) is 5.12. The lowest BCUT2D eigenvalue weighted by molar-refractivity contribution is -0.107. The monoisotopic (exact) mass is 354 g/mol. The summed E-state index contributed by atoms with van der Waals surface area (Å²) in [4.78, 5) is 11.0. The van der Waals surface area contributed by atoms with Crippen molar-refractivity contribution in [3.05, 3.63) is 64.0 Å². The predicted octanol–water partition coefficient (Wildman–Crippen LogP) is 4.97. The first kappa shape index (κ1) is 18.6. The molecule has 1 aliphatic carbocycles. The van der Waals surface area contributed by atoms with E-state index < -0.39 is 0 Å². The summed E-state index contributed by atoms with van der Waals surface area (Å²) >= 11 is 0. The van der Waals surface area contributed by atoms with Crippen molar-refractivity contribution in [2.45, 2.75) is 58.3 Å². The number of carbonyl (C=O) groups is 1. The van der Waals surface area contributed by atoms with Crippen molar-refractivity contribution in [1.82, 2.24) is 0 Å². The number of fused-ring (bicyclic) bond motifs is 1. The van der Waals surface area contributed by atoms with Gasteiger partial charge in [-0.15, -0.1) is 0 Å². The van der Waals surface area contributed by atoms with E-state index in [0.717, 1.165) is 65.5 Å². The number of hydrogen-bond donors (Lipinski definition) is 0. The second-order valence-corrected chi connectivity index (χ2v) is 7.73. The predicted molar refractivity (Wildman–Crippen MR) is 103 cm³/mol. The van der Waals surface area contributed by atoms with Crippen molar-refractivity contribution in [2.75, 3.05) is 6.61 Å². The molecule has 0 saturated heterocycles. The van der Waals surface area contributed by atoms with Gasteiger partial charge in [-0.3, -0.25) is 0 Å². The number of benzene rings is 2. The highest BCUT2D eigenvalue weighted by Gasteiger charge is 2.32. The Kier molecular flexibility index (Phi) is 5.45. The minimum atomic E-state index is -0.0730. The fraction of sp³-hybridized carbons (Fsp3) is 0.435. The third-order valence-electron chi connectivity index (χ3n) is 5.40. The number of aryl methyl sites for hydroxylation is 3. The summed E-state index contributed by atoms with van der Waals surface area (Å²) in [5, 5.41) is 0. The molecule has 0 unspecified atom stereocenters. The average molecular weight is 354 g/mol. The zero-order valence-corrected chi connectivity index (χ0v) is 15.9. The minimum Gasteiger partial charge on any atom is -0.494 e. The van der Waals surface area contributed by atoms with E-state index in [0.29, 0.717) is 13.0 Å². The van der Waals surface area contributed by atoms with Gasteiger partial charge in [-0.1, -0.05) is 26.0 Å². The second-order valence-electron chi connectivity index (χ2n) is 7.73. The fourth-order valence-electron chi connectivity index (χ4n) is 4.06. The number of carbonyl (C=O) groups excluding carboxylic acids is 1. The highest BCUT2D eigenvalue weighted by atomic mass is 19.1. The van der Waals surface area contributed by atoms with E-state index in [4.69, 9.17) is 4.74 Å². The topological polar surface area (TPSA) is 26.3 Å². The van der Waals surface area contributed by atoms with Crippen LogP contribution in [0.3, 0.4) is 0 Å². The maximum atomic E-state index is 14.7. The molecule has 0 bridgehead atoms. The molecule has 26 heavy (non-hydrogen) atoms. The molecule has 0 radical (unpaired) electrons. The van der Waals surface area contributed by atoms with Gasteiger partial charge in [-0.2, -0.15) is 0 Å². The minimum absolute atomic E-state index is 0.0686. The molecular weight excluding hydrogens is 327 g/mol. The molecule has 0 aliphatic heterocycles. The molecule has 3 rings (SSSR count). The number of rotatable bonds is 7. The maximum absolute atomic E-state index is 14.7. The van der Waals surface area contributed by atoms with E-state index in [9.17, 15) is 9.18 Å².